The number of amides is 1. The predicted molar refractivity (Wildman–Crippen MR) is 117 cm³/mol. The summed E-state index contributed by atoms with van der Waals surface area (Å²) >= 11 is 1.38. The van der Waals surface area contributed by atoms with Crippen LogP contribution in [0.3, 0.4) is 0 Å². The molecule has 0 unspecified atom stereocenters. The Bertz CT molecular complexity index is 1320. The van der Waals surface area contributed by atoms with E-state index in [1.165, 1.54) is 38.7 Å². The Morgan fingerprint density at radius 2 is 1.81 bits per heavy atom. The van der Waals surface area contributed by atoms with Crippen LogP contribution in [0.25, 0.3) is 10.2 Å². The molecule has 0 bridgehead atoms. The van der Waals surface area contributed by atoms with Crippen LogP contribution in [-0.4, -0.2) is 64.2 Å². The van der Waals surface area contributed by atoms with E-state index in [1.807, 2.05) is 0 Å². The monoisotopic (exact) mass is 477 g/mol. The van der Waals surface area contributed by atoms with Gasteiger partial charge in [0.2, 0.25) is 15.9 Å². The quantitative estimate of drug-likeness (QED) is 0.385. The van der Waals surface area contributed by atoms with E-state index in [4.69, 9.17) is 0 Å². The summed E-state index contributed by atoms with van der Waals surface area (Å²) in [6.45, 7) is 0.877. The first-order valence-corrected chi connectivity index (χ1v) is 12.0. The number of nitrogens with zero attached hydrogens (tertiary/aromatic N) is 5. The minimum atomic E-state index is -3.81. The van der Waals surface area contributed by atoms with Gasteiger partial charge in [0.1, 0.15) is 4.83 Å². The normalized spacial score (nSPS) is 15.2. The largest absolute Gasteiger partial charge is 0.340 e. The van der Waals surface area contributed by atoms with E-state index >= 15 is 0 Å². The van der Waals surface area contributed by atoms with Crippen LogP contribution in [0.1, 0.15) is 6.42 Å². The Hall–Kier alpha value is -3.16. The van der Waals surface area contributed by atoms with Crippen molar-refractivity contribution in [1.82, 2.24) is 18.8 Å². The molecule has 11 nitrogen and oxygen atoms in total. The van der Waals surface area contributed by atoms with Gasteiger partial charge in [-0.3, -0.25) is 24.3 Å². The summed E-state index contributed by atoms with van der Waals surface area (Å²) in [6.07, 6.45) is 1.54. The van der Waals surface area contributed by atoms with Gasteiger partial charge in [-0.25, -0.2) is 13.4 Å². The second-order valence-electron chi connectivity index (χ2n) is 7.17. The zero-order valence-electron chi connectivity index (χ0n) is 16.8. The summed E-state index contributed by atoms with van der Waals surface area (Å²) in [7, 11) is -3.81. The molecule has 2 aromatic heterocycles. The van der Waals surface area contributed by atoms with E-state index in [0.29, 0.717) is 10.2 Å². The average molecular weight is 478 g/mol. The second kappa shape index (κ2) is 8.76. The number of thiophene rings is 1. The third-order valence-corrected chi connectivity index (χ3v) is 8.03. The minimum absolute atomic E-state index is 0.0291. The molecule has 32 heavy (non-hydrogen) atoms. The van der Waals surface area contributed by atoms with Crippen molar-refractivity contribution in [3.8, 4) is 0 Å². The molecule has 1 saturated heterocycles. The number of fused-ring (bicyclic) bond motifs is 1. The van der Waals surface area contributed by atoms with Gasteiger partial charge in [-0.15, -0.1) is 11.3 Å². The van der Waals surface area contributed by atoms with Gasteiger partial charge in [0.25, 0.3) is 11.2 Å². The molecular formula is C19H19N5O6S2. The van der Waals surface area contributed by atoms with Crippen LogP contribution in [0.15, 0.2) is 51.7 Å². The number of carbonyl (C=O) groups is 1. The maximum Gasteiger partial charge on any atom is 0.269 e. The molecule has 0 radical (unpaired) electrons. The fourth-order valence-electron chi connectivity index (χ4n) is 3.49. The number of hydrogen-bond donors (Lipinski definition) is 0. The highest BCUT2D eigenvalue weighted by molar-refractivity contribution is 7.89. The second-order valence-corrected chi connectivity index (χ2v) is 10.0. The van der Waals surface area contributed by atoms with E-state index < -0.39 is 14.9 Å². The number of aryl methyl sites for hydroxylation is 1. The SMILES string of the molecule is O=C(CCn1cnc2sccc2c1=O)N1CCN(S(=O)(=O)c2ccc([N+](=O)[O-])cc2)CC1. The van der Waals surface area contributed by atoms with Crippen LogP contribution in [0.2, 0.25) is 0 Å². The maximum absolute atomic E-state index is 12.8. The highest BCUT2D eigenvalue weighted by Crippen LogP contribution is 2.21. The van der Waals surface area contributed by atoms with Crippen molar-refractivity contribution in [3.63, 3.8) is 0 Å². The summed E-state index contributed by atoms with van der Waals surface area (Å²) in [6, 6.07) is 6.42. The summed E-state index contributed by atoms with van der Waals surface area (Å²) in [5.41, 5.74) is -0.380. The van der Waals surface area contributed by atoms with E-state index in [9.17, 15) is 28.1 Å². The number of non-ortho nitro benzene ring substituents is 1. The average Bonchev–Trinajstić information content (AvgIpc) is 3.28. The number of hydrogen-bond acceptors (Lipinski definition) is 8. The standard InChI is InChI=1S/C19H19N5O6S2/c25-17(5-7-22-13-20-18-16(19(22)26)6-12-31-18)21-8-10-23(11-9-21)32(29,30)15-3-1-14(2-4-15)24(27)28/h1-4,6,12-13H,5,7-11H2. The van der Waals surface area contributed by atoms with Crippen LogP contribution in [-0.2, 0) is 21.4 Å². The van der Waals surface area contributed by atoms with Crippen LogP contribution in [0.5, 0.6) is 0 Å². The Morgan fingerprint density at radius 3 is 2.47 bits per heavy atom. The molecule has 0 saturated carbocycles. The Kier molecular flexibility index (Phi) is 6.04. The number of rotatable bonds is 6. The van der Waals surface area contributed by atoms with E-state index in [0.717, 1.165) is 12.1 Å². The molecule has 1 amide bonds. The number of sulfonamides is 1. The molecular weight excluding hydrogens is 458 g/mol. The van der Waals surface area contributed by atoms with Gasteiger partial charge in [0, 0.05) is 51.3 Å². The number of carbonyl (C=O) groups excluding carboxylic acids is 1. The molecule has 1 aliphatic heterocycles. The number of benzene rings is 1. The predicted octanol–water partition coefficient (Wildman–Crippen LogP) is 1.29. The van der Waals surface area contributed by atoms with Crippen molar-refractivity contribution < 1.29 is 18.1 Å². The molecule has 1 fully saturated rings. The zero-order chi connectivity index (χ0) is 22.9. The van der Waals surface area contributed by atoms with Crippen LogP contribution in [0.4, 0.5) is 5.69 Å². The van der Waals surface area contributed by atoms with Gasteiger partial charge in [0.05, 0.1) is 21.5 Å². The van der Waals surface area contributed by atoms with E-state index in [1.54, 1.807) is 16.3 Å². The molecule has 0 aliphatic carbocycles. The van der Waals surface area contributed by atoms with Crippen LogP contribution >= 0.6 is 11.3 Å². The van der Waals surface area contributed by atoms with Crippen molar-refractivity contribution in [2.75, 3.05) is 26.2 Å². The first-order chi connectivity index (χ1) is 15.3. The molecule has 0 spiro atoms. The smallest absolute Gasteiger partial charge is 0.269 e. The van der Waals surface area contributed by atoms with Crippen molar-refractivity contribution >= 4 is 43.2 Å². The maximum atomic E-state index is 12.8. The molecule has 1 aliphatic rings. The number of nitro benzene ring substituents is 1. The molecule has 168 valence electrons. The lowest BCUT2D eigenvalue weighted by Crippen LogP contribution is -2.50. The third-order valence-electron chi connectivity index (χ3n) is 5.29. The first-order valence-electron chi connectivity index (χ1n) is 9.72. The van der Waals surface area contributed by atoms with Gasteiger partial charge < -0.3 is 4.90 Å². The minimum Gasteiger partial charge on any atom is -0.340 e. The summed E-state index contributed by atoms with van der Waals surface area (Å²) in [4.78, 5) is 41.6. The van der Waals surface area contributed by atoms with E-state index in [-0.39, 0.29) is 61.2 Å². The Labute approximate surface area is 186 Å². The summed E-state index contributed by atoms with van der Waals surface area (Å²) in [5.74, 6) is -0.172. The van der Waals surface area contributed by atoms with Gasteiger partial charge in [-0.2, -0.15) is 4.31 Å². The molecule has 13 heteroatoms. The van der Waals surface area contributed by atoms with Gasteiger partial charge >= 0.3 is 0 Å². The van der Waals surface area contributed by atoms with Crippen LogP contribution in [0, 0.1) is 10.1 Å². The van der Waals surface area contributed by atoms with Crippen molar-refractivity contribution in [3.05, 3.63) is 62.5 Å². The van der Waals surface area contributed by atoms with Crippen molar-refractivity contribution in [2.45, 2.75) is 17.9 Å². The topological polar surface area (TPSA) is 136 Å². The fourth-order valence-corrected chi connectivity index (χ4v) is 5.64. The first kappa shape index (κ1) is 22.0. The number of piperazine rings is 1. The zero-order valence-corrected chi connectivity index (χ0v) is 18.4. The molecule has 0 N–H and O–H groups in total. The lowest BCUT2D eigenvalue weighted by atomic mass is 10.3. The third kappa shape index (κ3) is 4.26. The summed E-state index contributed by atoms with van der Waals surface area (Å²) < 4.78 is 28.2. The molecule has 3 aromatic rings. The summed E-state index contributed by atoms with van der Waals surface area (Å²) in [5, 5.41) is 13.1. The fraction of sp³-hybridized carbons (Fsp3) is 0.316. The van der Waals surface area contributed by atoms with Crippen molar-refractivity contribution in [2.24, 2.45) is 0 Å². The van der Waals surface area contributed by atoms with Crippen LogP contribution < -0.4 is 5.56 Å². The Morgan fingerprint density at radius 1 is 1.12 bits per heavy atom. The molecule has 1 aromatic carbocycles. The van der Waals surface area contributed by atoms with Gasteiger partial charge in [-0.05, 0) is 23.6 Å². The number of nitro groups is 1. The highest BCUT2D eigenvalue weighted by atomic mass is 32.2. The van der Waals surface area contributed by atoms with E-state index in [2.05, 4.69) is 4.98 Å². The van der Waals surface area contributed by atoms with Gasteiger partial charge in [-0.1, -0.05) is 0 Å². The molecule has 3 heterocycles. The van der Waals surface area contributed by atoms with Gasteiger partial charge in [0.15, 0.2) is 0 Å². The lowest BCUT2D eigenvalue weighted by molar-refractivity contribution is -0.384. The van der Waals surface area contributed by atoms with Crippen molar-refractivity contribution in [1.29, 1.82) is 0 Å². The number of aromatic nitrogens is 2. The molecule has 4 rings (SSSR count). The lowest BCUT2D eigenvalue weighted by Gasteiger charge is -2.34. The highest BCUT2D eigenvalue weighted by Gasteiger charge is 2.30. The molecule has 0 atom stereocenters. The Balaban J connectivity index is 1.35.